The fraction of sp³-hybridized carbons (Fsp3) is 0.113. The summed E-state index contributed by atoms with van der Waals surface area (Å²) in [5.74, 6) is 3.43. The summed E-state index contributed by atoms with van der Waals surface area (Å²) in [6, 6.07) is 47.0. The average Bonchev–Trinajstić information content (AvgIpc) is 3.37. The van der Waals surface area contributed by atoms with Crippen LogP contribution in [0.4, 0.5) is 17.3 Å². The largest absolute Gasteiger partial charge is 0.489 e. The van der Waals surface area contributed by atoms with Gasteiger partial charge in [0.15, 0.2) is 0 Å². The minimum atomic E-state index is -0.558. The summed E-state index contributed by atoms with van der Waals surface area (Å²) in [6.45, 7) is 8.49. The normalized spacial score (nSPS) is 12.7. The summed E-state index contributed by atoms with van der Waals surface area (Å²) in [6.07, 6.45) is 6.46. The lowest BCUT2D eigenvalue weighted by molar-refractivity contribution is -0.127. The number of hydrogen-bond donors (Lipinski definition) is 3. The number of benzene rings is 5. The van der Waals surface area contributed by atoms with Crippen LogP contribution < -0.4 is 30.6 Å². The van der Waals surface area contributed by atoms with Crippen molar-refractivity contribution in [1.82, 2.24) is 19.9 Å². The third-order valence-electron chi connectivity index (χ3n) is 10.4. The number of anilines is 3. The Morgan fingerprint density at radius 1 is 0.761 bits per heavy atom. The Kier molecular flexibility index (Phi) is 15.3. The van der Waals surface area contributed by atoms with Crippen LogP contribution in [0.15, 0.2) is 183 Å². The number of aromatic nitrogens is 3. The highest BCUT2D eigenvalue weighted by atomic mass is 16.5. The fourth-order valence-corrected chi connectivity index (χ4v) is 7.00. The van der Waals surface area contributed by atoms with E-state index in [9.17, 15) is 9.59 Å². The molecule has 1 aliphatic rings. The van der Waals surface area contributed by atoms with Crippen molar-refractivity contribution in [2.24, 2.45) is 0 Å². The zero-order valence-corrected chi connectivity index (χ0v) is 36.3. The molecule has 67 heavy (non-hydrogen) atoms. The lowest BCUT2D eigenvalue weighted by atomic mass is 10.0. The molecule has 1 atom stereocenters. The Balaban J connectivity index is 0.000000199. The van der Waals surface area contributed by atoms with Crippen LogP contribution in [0.1, 0.15) is 18.4 Å². The Morgan fingerprint density at radius 2 is 1.43 bits per heavy atom. The van der Waals surface area contributed by atoms with Gasteiger partial charge in [0.2, 0.25) is 0 Å². The Bertz CT molecular complexity index is 2930. The van der Waals surface area contributed by atoms with Crippen LogP contribution in [0.3, 0.4) is 0 Å². The van der Waals surface area contributed by atoms with Crippen LogP contribution >= 0.6 is 0 Å². The van der Waals surface area contributed by atoms with Crippen LogP contribution in [-0.2, 0) is 16.2 Å². The number of para-hydroxylation sites is 1. The van der Waals surface area contributed by atoms with E-state index < -0.39 is 5.91 Å². The number of nitrogen functional groups attached to an aromatic ring is 1. The molecule has 1 fully saturated rings. The second-order valence-corrected chi connectivity index (χ2v) is 15.1. The Morgan fingerprint density at radius 3 is 2.16 bits per heavy atom. The van der Waals surface area contributed by atoms with Gasteiger partial charge in [-0.15, -0.1) is 0 Å². The van der Waals surface area contributed by atoms with E-state index in [1.54, 1.807) is 53.7 Å². The van der Waals surface area contributed by atoms with E-state index in [4.69, 9.17) is 30.5 Å². The molecule has 1 unspecified atom stereocenters. The highest BCUT2D eigenvalue weighted by Crippen LogP contribution is 2.36. The number of carbonyl (C=O) groups excluding carboxylic acids is 2. The van der Waals surface area contributed by atoms with Crippen molar-refractivity contribution in [3.63, 3.8) is 0 Å². The molecule has 0 spiro atoms. The first-order valence-corrected chi connectivity index (χ1v) is 21.2. The van der Waals surface area contributed by atoms with Crippen LogP contribution in [0.2, 0.25) is 0 Å². The Hall–Kier alpha value is -9.27. The molecule has 1 saturated heterocycles. The summed E-state index contributed by atoms with van der Waals surface area (Å²) in [7, 11) is 0. The molecule has 14 nitrogen and oxygen atoms in total. The van der Waals surface area contributed by atoms with Crippen molar-refractivity contribution < 1.29 is 23.8 Å². The number of nitrogens with one attached hydrogen (secondary N) is 2. The lowest BCUT2D eigenvalue weighted by Gasteiger charge is -2.33. The van der Waals surface area contributed by atoms with Crippen molar-refractivity contribution in [1.29, 1.82) is 10.5 Å². The molecule has 0 radical (unpaired) electrons. The molecule has 2 aromatic heterocycles. The van der Waals surface area contributed by atoms with Gasteiger partial charge in [-0.2, -0.15) is 10.5 Å². The smallest absolute Gasteiger partial charge is 0.265 e. The zero-order chi connectivity index (χ0) is 47.0. The number of rotatable bonds is 14. The van der Waals surface area contributed by atoms with Gasteiger partial charge in [0, 0.05) is 48.8 Å². The highest BCUT2D eigenvalue weighted by molar-refractivity contribution is 6.06. The van der Waals surface area contributed by atoms with Crippen molar-refractivity contribution >= 4 is 29.1 Å². The predicted molar refractivity (Wildman–Crippen MR) is 257 cm³/mol. The van der Waals surface area contributed by atoms with Crippen molar-refractivity contribution in [3.8, 4) is 63.1 Å². The number of amides is 2. The summed E-state index contributed by atoms with van der Waals surface area (Å²) in [4.78, 5) is 38.7. The monoisotopic (exact) mass is 887 g/mol. The number of likely N-dealkylation sites (tertiary alicyclic amines) is 1. The number of nitrogens with zero attached hydrogens (tertiary/aromatic N) is 6. The van der Waals surface area contributed by atoms with Gasteiger partial charge >= 0.3 is 0 Å². The second-order valence-electron chi connectivity index (χ2n) is 15.1. The first kappa shape index (κ1) is 45.7. The minimum Gasteiger partial charge on any atom is -0.489 e. The Labute approximate surface area is 388 Å². The number of piperidine rings is 1. The van der Waals surface area contributed by atoms with Crippen LogP contribution in [0.5, 0.6) is 28.7 Å². The zero-order valence-electron chi connectivity index (χ0n) is 36.3. The van der Waals surface area contributed by atoms with Crippen LogP contribution in [0, 0.1) is 22.7 Å². The van der Waals surface area contributed by atoms with E-state index in [0.717, 1.165) is 52.3 Å². The maximum Gasteiger partial charge on any atom is 0.265 e. The molecule has 3 heterocycles. The van der Waals surface area contributed by atoms with Gasteiger partial charge < -0.3 is 35.5 Å². The van der Waals surface area contributed by atoms with Gasteiger partial charge in [-0.25, -0.2) is 9.97 Å². The molecule has 332 valence electrons. The van der Waals surface area contributed by atoms with Gasteiger partial charge in [-0.3, -0.25) is 14.6 Å². The standard InChI is InChI=1S/C27H19N3O3.C26H26N6O2/c1-19(17-28)27(31)30-21-6-5-9-24(16-21)33-26-14-15-29-18-25(26)20-10-12-23(13-11-20)32-22-7-3-2-4-8-22;1-18(14-27)26(33)32-13-5-8-21(15-32)31-25-23(24(28)29-17-30-25)20-9-11-22(12-10-20)34-16-19-6-3-2-4-7-19/h2-16,18H,1H2,(H,30,31);2-4,6-7,9-12,17,21H,1,5,8,13,15-16H2,(H3,28,29,30,31). The molecular formula is C53H45N9O5. The van der Waals surface area contributed by atoms with E-state index in [-0.39, 0.29) is 23.1 Å². The molecule has 0 bridgehead atoms. The first-order valence-electron chi connectivity index (χ1n) is 21.2. The lowest BCUT2D eigenvalue weighted by Crippen LogP contribution is -2.45. The highest BCUT2D eigenvalue weighted by Gasteiger charge is 2.26. The topological polar surface area (TPSA) is 201 Å². The molecular weight excluding hydrogens is 843 g/mol. The number of ether oxygens (including phenoxy) is 3. The van der Waals surface area contributed by atoms with E-state index in [0.29, 0.717) is 54.1 Å². The number of pyridine rings is 1. The van der Waals surface area contributed by atoms with Gasteiger partial charge in [-0.05, 0) is 84.1 Å². The molecule has 14 heteroatoms. The van der Waals surface area contributed by atoms with Crippen molar-refractivity contribution in [2.75, 3.05) is 29.5 Å². The number of carbonyl (C=O) groups is 2. The molecule has 4 N–H and O–H groups in total. The maximum atomic E-state index is 12.4. The van der Waals surface area contributed by atoms with E-state index in [1.807, 2.05) is 115 Å². The molecule has 0 saturated carbocycles. The number of nitriles is 2. The van der Waals surface area contributed by atoms with E-state index >= 15 is 0 Å². The molecule has 8 rings (SSSR count). The summed E-state index contributed by atoms with van der Waals surface area (Å²) in [5.41, 5.74) is 10.9. The fourth-order valence-electron chi connectivity index (χ4n) is 7.00. The summed E-state index contributed by atoms with van der Waals surface area (Å²) < 4.78 is 17.8. The van der Waals surface area contributed by atoms with E-state index in [2.05, 4.69) is 38.7 Å². The third kappa shape index (κ3) is 12.5. The van der Waals surface area contributed by atoms with Crippen molar-refractivity contribution in [2.45, 2.75) is 25.5 Å². The van der Waals surface area contributed by atoms with Gasteiger partial charge in [0.05, 0.1) is 5.56 Å². The molecule has 5 aromatic carbocycles. The average molecular weight is 888 g/mol. The summed E-state index contributed by atoms with van der Waals surface area (Å²) >= 11 is 0. The van der Waals surface area contributed by atoms with Gasteiger partial charge in [-0.1, -0.05) is 92.0 Å². The maximum absolute atomic E-state index is 12.4. The number of nitrogens with two attached hydrogens (primary N) is 1. The minimum absolute atomic E-state index is 0.0364. The number of hydrogen-bond acceptors (Lipinski definition) is 12. The first-order chi connectivity index (χ1) is 32.7. The quantitative estimate of drug-likeness (QED) is 0.0690. The van der Waals surface area contributed by atoms with Gasteiger partial charge in [0.25, 0.3) is 11.8 Å². The van der Waals surface area contributed by atoms with E-state index in [1.165, 1.54) is 6.33 Å². The SMILES string of the molecule is C=C(C#N)C(=O)N1CCCC(Nc2ncnc(N)c2-c2ccc(OCc3ccccc3)cc2)C1.C=C(C#N)C(=O)Nc1cccc(Oc2ccncc2-c2ccc(Oc3ccccc3)cc2)c1. The second kappa shape index (κ2) is 22.4. The third-order valence-corrected chi connectivity index (χ3v) is 10.4. The molecule has 7 aromatic rings. The predicted octanol–water partition coefficient (Wildman–Crippen LogP) is 10.1. The van der Waals surface area contributed by atoms with Crippen LogP contribution in [0.25, 0.3) is 22.3 Å². The molecule has 2 amide bonds. The summed E-state index contributed by atoms with van der Waals surface area (Å²) in [5, 5.41) is 23.8. The van der Waals surface area contributed by atoms with Gasteiger partial charge in [0.1, 0.15) is 76.6 Å². The van der Waals surface area contributed by atoms with Crippen molar-refractivity contribution in [3.05, 3.63) is 188 Å². The molecule has 1 aliphatic heterocycles. The molecule has 0 aliphatic carbocycles. The van der Waals surface area contributed by atoms with Crippen LogP contribution in [-0.4, -0.2) is 50.8 Å².